The minimum Gasteiger partial charge on any atom is -0.508 e. The van der Waals surface area contributed by atoms with Crippen molar-refractivity contribution in [3.05, 3.63) is 85.6 Å². The maximum atomic E-state index is 10.1. The lowest BCUT2D eigenvalue weighted by molar-refractivity contribution is 0.0196. The van der Waals surface area contributed by atoms with Crippen molar-refractivity contribution in [1.82, 2.24) is 9.80 Å². The van der Waals surface area contributed by atoms with E-state index in [1.807, 2.05) is 12.1 Å². The Kier molecular flexibility index (Phi) is 6.59. The van der Waals surface area contributed by atoms with Crippen molar-refractivity contribution >= 4 is 33.9 Å². The van der Waals surface area contributed by atoms with Gasteiger partial charge in [0.2, 0.25) is 0 Å². The molecule has 3 aromatic rings. The van der Waals surface area contributed by atoms with Gasteiger partial charge in [0, 0.05) is 35.3 Å². The normalized spacial score (nSPS) is 21.9. The van der Waals surface area contributed by atoms with Crippen LogP contribution in [0.15, 0.2) is 65.4 Å². The first-order valence-electron chi connectivity index (χ1n) is 10.1. The van der Waals surface area contributed by atoms with Gasteiger partial charge in [-0.15, -0.1) is 0 Å². The number of piperazine rings is 1. The Morgan fingerprint density at radius 2 is 1.86 bits per heavy atom. The van der Waals surface area contributed by atoms with Gasteiger partial charge in [0.25, 0.3) is 0 Å². The number of phenols is 1. The lowest BCUT2D eigenvalue weighted by Crippen LogP contribution is -2.56. The van der Waals surface area contributed by atoms with Crippen molar-refractivity contribution in [2.75, 3.05) is 13.1 Å². The van der Waals surface area contributed by atoms with Crippen LogP contribution in [-0.2, 0) is 6.54 Å². The maximum Gasteiger partial charge on any atom is 0.115 e. The minimum absolute atomic E-state index is 0.172. The van der Waals surface area contributed by atoms with Crippen LogP contribution >= 0.6 is 33.9 Å². The highest BCUT2D eigenvalue weighted by Gasteiger charge is 2.35. The summed E-state index contributed by atoms with van der Waals surface area (Å²) in [6, 6.07) is 19.8. The van der Waals surface area contributed by atoms with Crippen molar-refractivity contribution in [3.8, 4) is 5.75 Å². The first-order chi connectivity index (χ1) is 14.0. The highest BCUT2D eigenvalue weighted by atomic mass is 127. The lowest BCUT2D eigenvalue weighted by Gasteiger charge is -2.47. The molecule has 0 radical (unpaired) electrons. The van der Waals surface area contributed by atoms with Gasteiger partial charge in [-0.3, -0.25) is 9.80 Å². The topological polar surface area (TPSA) is 26.7 Å². The number of phenolic OH excluding ortho intramolecular Hbond substituents is 1. The van der Waals surface area contributed by atoms with Gasteiger partial charge < -0.3 is 5.11 Å². The molecule has 2 aromatic carbocycles. The third kappa shape index (κ3) is 4.85. The van der Waals surface area contributed by atoms with E-state index >= 15 is 0 Å². The molecule has 0 bridgehead atoms. The van der Waals surface area contributed by atoms with Crippen LogP contribution in [0, 0.1) is 3.57 Å². The van der Waals surface area contributed by atoms with E-state index in [1.165, 1.54) is 14.7 Å². The molecule has 1 saturated heterocycles. The molecule has 0 aliphatic carbocycles. The summed E-state index contributed by atoms with van der Waals surface area (Å²) in [6.45, 7) is 7.69. The second kappa shape index (κ2) is 9.16. The molecule has 3 nitrogen and oxygen atoms in total. The smallest absolute Gasteiger partial charge is 0.115 e. The summed E-state index contributed by atoms with van der Waals surface area (Å²) >= 11 is 4.13. The van der Waals surface area contributed by atoms with E-state index in [0.717, 1.165) is 25.2 Å². The molecule has 29 heavy (non-hydrogen) atoms. The quantitative estimate of drug-likeness (QED) is 0.437. The number of rotatable bonds is 5. The molecule has 1 fully saturated rings. The van der Waals surface area contributed by atoms with Crippen molar-refractivity contribution in [3.63, 3.8) is 0 Å². The average Bonchev–Trinajstić information content (AvgIpc) is 3.20. The van der Waals surface area contributed by atoms with Crippen molar-refractivity contribution in [1.29, 1.82) is 0 Å². The van der Waals surface area contributed by atoms with E-state index in [1.54, 1.807) is 17.4 Å². The highest BCUT2D eigenvalue weighted by molar-refractivity contribution is 14.1. The number of hydrogen-bond donors (Lipinski definition) is 1. The van der Waals surface area contributed by atoms with E-state index < -0.39 is 0 Å². The monoisotopic (exact) mass is 518 g/mol. The van der Waals surface area contributed by atoms with E-state index in [4.69, 9.17) is 0 Å². The Bertz CT molecular complexity index is 946. The van der Waals surface area contributed by atoms with Crippen LogP contribution in [0.1, 0.15) is 36.6 Å². The molecule has 0 amide bonds. The molecular formula is C24H27IN2OS. The van der Waals surface area contributed by atoms with Crippen LogP contribution in [0.5, 0.6) is 5.75 Å². The molecule has 1 N–H and O–H groups in total. The molecule has 0 saturated carbocycles. The van der Waals surface area contributed by atoms with Crippen LogP contribution in [0.3, 0.4) is 0 Å². The first kappa shape index (κ1) is 20.8. The number of aromatic hydroxyl groups is 1. The number of benzene rings is 2. The third-order valence-corrected chi connectivity index (χ3v) is 7.19. The van der Waals surface area contributed by atoms with Crippen LogP contribution in [0.25, 0.3) is 0 Å². The van der Waals surface area contributed by atoms with Crippen LogP contribution in [0.4, 0.5) is 0 Å². The fraction of sp³-hybridized carbons (Fsp3) is 0.333. The van der Waals surface area contributed by atoms with Gasteiger partial charge in [-0.2, -0.15) is 11.3 Å². The first-order valence-corrected chi connectivity index (χ1v) is 12.1. The number of thiophene rings is 1. The van der Waals surface area contributed by atoms with E-state index in [9.17, 15) is 5.11 Å². The van der Waals surface area contributed by atoms with Crippen LogP contribution in [-0.4, -0.2) is 40.1 Å². The van der Waals surface area contributed by atoms with Gasteiger partial charge >= 0.3 is 0 Å². The maximum absolute atomic E-state index is 10.1. The van der Waals surface area contributed by atoms with Crippen molar-refractivity contribution in [2.24, 2.45) is 0 Å². The Morgan fingerprint density at radius 3 is 2.59 bits per heavy atom. The van der Waals surface area contributed by atoms with Crippen LogP contribution in [0.2, 0.25) is 0 Å². The second-order valence-corrected chi connectivity index (χ2v) is 10.0. The van der Waals surface area contributed by atoms with Crippen LogP contribution < -0.4 is 0 Å². The summed E-state index contributed by atoms with van der Waals surface area (Å²) in [5.41, 5.74) is 3.85. The van der Waals surface area contributed by atoms with Gasteiger partial charge in [-0.05, 0) is 94.2 Å². The summed E-state index contributed by atoms with van der Waals surface area (Å²) in [4.78, 5) is 5.20. The zero-order valence-corrected chi connectivity index (χ0v) is 19.8. The number of nitrogens with zero attached hydrogens (tertiary/aromatic N) is 2. The summed E-state index contributed by atoms with van der Waals surface area (Å²) in [5.74, 6) is 0.334. The molecule has 3 atom stereocenters. The molecule has 5 heteroatoms. The molecule has 1 aliphatic rings. The Balaban J connectivity index is 1.57. The number of halogens is 1. The Labute approximate surface area is 191 Å². The van der Waals surface area contributed by atoms with Gasteiger partial charge in [0.15, 0.2) is 0 Å². The molecule has 4 rings (SSSR count). The fourth-order valence-corrected chi connectivity index (χ4v) is 5.66. The fourth-order valence-electron chi connectivity index (χ4n) is 4.38. The predicted molar refractivity (Wildman–Crippen MR) is 129 cm³/mol. The summed E-state index contributed by atoms with van der Waals surface area (Å²) in [7, 11) is 0. The molecule has 0 spiro atoms. The van der Waals surface area contributed by atoms with E-state index in [-0.39, 0.29) is 6.04 Å². The SMILES string of the molecule is C[C@@H]1CN([C@H](c2ccsc2)c2cccc(O)c2)[C@@H](C)CN1Cc1cccc(I)c1. The van der Waals surface area contributed by atoms with Gasteiger partial charge in [0.1, 0.15) is 5.75 Å². The summed E-state index contributed by atoms with van der Waals surface area (Å²) < 4.78 is 1.29. The molecule has 0 unspecified atom stereocenters. The van der Waals surface area contributed by atoms with E-state index in [2.05, 4.69) is 93.4 Å². The zero-order valence-electron chi connectivity index (χ0n) is 16.8. The van der Waals surface area contributed by atoms with E-state index in [0.29, 0.717) is 17.8 Å². The lowest BCUT2D eigenvalue weighted by atomic mass is 9.95. The van der Waals surface area contributed by atoms with Gasteiger partial charge in [0.05, 0.1) is 6.04 Å². The zero-order chi connectivity index (χ0) is 20.4. The minimum atomic E-state index is 0.172. The predicted octanol–water partition coefficient (Wildman–Crippen LogP) is 5.74. The Morgan fingerprint density at radius 1 is 1.03 bits per heavy atom. The summed E-state index contributed by atoms with van der Waals surface area (Å²) in [6.07, 6.45) is 0. The molecule has 152 valence electrons. The molecular weight excluding hydrogens is 491 g/mol. The molecule has 2 heterocycles. The third-order valence-electron chi connectivity index (χ3n) is 5.81. The van der Waals surface area contributed by atoms with Gasteiger partial charge in [-0.1, -0.05) is 24.3 Å². The van der Waals surface area contributed by atoms with Crippen molar-refractivity contribution in [2.45, 2.75) is 38.5 Å². The standard InChI is InChI=1S/C24H27IN2OS/c1-17-14-27(18(2)13-26(17)15-19-5-3-7-22(25)11-19)24(21-9-10-29-16-21)20-6-4-8-23(28)12-20/h3-12,16-18,24,28H,13-15H2,1-2H3/t17-,18+,24+/m1/s1. The average molecular weight is 518 g/mol. The number of hydrogen-bond acceptors (Lipinski definition) is 4. The summed E-state index contributed by atoms with van der Waals surface area (Å²) in [5, 5.41) is 14.5. The highest BCUT2D eigenvalue weighted by Crippen LogP contribution is 2.35. The Hall–Kier alpha value is -1.41. The van der Waals surface area contributed by atoms with Crippen molar-refractivity contribution < 1.29 is 5.11 Å². The molecule has 1 aliphatic heterocycles. The molecule has 1 aromatic heterocycles. The van der Waals surface area contributed by atoms with Gasteiger partial charge in [-0.25, -0.2) is 0 Å². The second-order valence-electron chi connectivity index (χ2n) is 8.01. The largest absolute Gasteiger partial charge is 0.508 e.